The summed E-state index contributed by atoms with van der Waals surface area (Å²) in [4.78, 5) is 31.7. The molecule has 2 aromatic rings. The maximum Gasteiger partial charge on any atom is 0.270 e. The molecule has 0 spiro atoms. The molecule has 2 amide bonds. The lowest BCUT2D eigenvalue weighted by Gasteiger charge is -2.38. The van der Waals surface area contributed by atoms with Gasteiger partial charge >= 0.3 is 0 Å². The highest BCUT2D eigenvalue weighted by Gasteiger charge is 2.32. The van der Waals surface area contributed by atoms with Crippen LogP contribution in [-0.4, -0.2) is 65.4 Å². The van der Waals surface area contributed by atoms with E-state index < -0.39 is 0 Å². The minimum atomic E-state index is -0.0859. The number of nitrogens with one attached hydrogen (secondary N) is 2. The Hall–Kier alpha value is -1.76. The third kappa shape index (κ3) is 2.99. The van der Waals surface area contributed by atoms with Crippen LogP contribution in [0.4, 0.5) is 0 Å². The Kier molecular flexibility index (Phi) is 4.35. The average molecular weight is 381 g/mol. The van der Waals surface area contributed by atoms with Crippen molar-refractivity contribution in [3.05, 3.63) is 33.9 Å². The molecule has 3 heterocycles. The number of carbonyl (C=O) groups excluding carboxylic acids is 2. The standard InChI is InChI=1S/C17H18Cl2N4O2/c18-11-1-2-12-10(15(11)19)9-14(21-12)17(25)23-7-5-22(6-8-23)16(24)13-3-4-20-13/h1-2,9,13,20-21H,3-8H2/t13-/m1/s1. The van der Waals surface area contributed by atoms with Gasteiger partial charge in [0.05, 0.1) is 16.1 Å². The molecule has 6 nitrogen and oxygen atoms in total. The van der Waals surface area contributed by atoms with E-state index in [1.807, 2.05) is 11.0 Å². The Morgan fingerprint density at radius 3 is 2.40 bits per heavy atom. The van der Waals surface area contributed by atoms with Crippen LogP contribution in [0.2, 0.25) is 10.0 Å². The van der Waals surface area contributed by atoms with E-state index in [0.29, 0.717) is 41.9 Å². The van der Waals surface area contributed by atoms with Crippen LogP contribution in [-0.2, 0) is 4.79 Å². The zero-order valence-electron chi connectivity index (χ0n) is 13.5. The number of carbonyl (C=O) groups is 2. The normalized spacial score (nSPS) is 20.6. The average Bonchev–Trinajstić information content (AvgIpc) is 3.01. The van der Waals surface area contributed by atoms with Crippen LogP contribution < -0.4 is 5.32 Å². The third-order valence-corrected chi connectivity index (χ3v) is 5.74. The summed E-state index contributed by atoms with van der Waals surface area (Å²) in [5, 5.41) is 4.77. The van der Waals surface area contributed by atoms with E-state index in [-0.39, 0.29) is 17.9 Å². The second-order valence-corrected chi connectivity index (χ2v) is 7.20. The quantitative estimate of drug-likeness (QED) is 0.838. The van der Waals surface area contributed by atoms with Gasteiger partial charge in [0.1, 0.15) is 5.69 Å². The van der Waals surface area contributed by atoms with Crippen LogP contribution in [0.3, 0.4) is 0 Å². The van der Waals surface area contributed by atoms with Crippen LogP contribution >= 0.6 is 23.2 Å². The second kappa shape index (κ2) is 6.52. The molecule has 0 aliphatic carbocycles. The number of H-pyrrole nitrogens is 1. The molecule has 2 saturated heterocycles. The Labute approximate surface area is 155 Å². The predicted octanol–water partition coefficient (Wildman–Crippen LogP) is 2.12. The van der Waals surface area contributed by atoms with Gasteiger partial charge in [-0.25, -0.2) is 0 Å². The van der Waals surface area contributed by atoms with Crippen LogP contribution in [0.5, 0.6) is 0 Å². The van der Waals surface area contributed by atoms with E-state index in [4.69, 9.17) is 23.2 Å². The molecule has 0 unspecified atom stereocenters. The first-order valence-electron chi connectivity index (χ1n) is 8.33. The molecular formula is C17H18Cl2N4O2. The molecule has 2 N–H and O–H groups in total. The van der Waals surface area contributed by atoms with Gasteiger partial charge in [-0.2, -0.15) is 0 Å². The van der Waals surface area contributed by atoms with Crippen LogP contribution in [0, 0.1) is 0 Å². The van der Waals surface area contributed by atoms with Crippen LogP contribution in [0.25, 0.3) is 10.9 Å². The number of amides is 2. The van der Waals surface area contributed by atoms with E-state index in [9.17, 15) is 9.59 Å². The Bertz CT molecular complexity index is 839. The van der Waals surface area contributed by atoms with E-state index in [1.54, 1.807) is 17.0 Å². The molecule has 0 bridgehead atoms. The summed E-state index contributed by atoms with van der Waals surface area (Å²) in [6.07, 6.45) is 0.899. The van der Waals surface area contributed by atoms with Crippen molar-refractivity contribution in [1.82, 2.24) is 20.1 Å². The highest BCUT2D eigenvalue weighted by atomic mass is 35.5. The van der Waals surface area contributed by atoms with Crippen molar-refractivity contribution in [2.24, 2.45) is 0 Å². The maximum atomic E-state index is 12.7. The maximum absolute atomic E-state index is 12.7. The summed E-state index contributed by atoms with van der Waals surface area (Å²) in [7, 11) is 0. The zero-order chi connectivity index (χ0) is 17.6. The fourth-order valence-electron chi connectivity index (χ4n) is 3.28. The van der Waals surface area contributed by atoms with Crippen molar-refractivity contribution in [3.63, 3.8) is 0 Å². The summed E-state index contributed by atoms with van der Waals surface area (Å²) in [5.74, 6) is 0.0580. The van der Waals surface area contributed by atoms with Gasteiger partial charge in [0.15, 0.2) is 0 Å². The van der Waals surface area contributed by atoms with Gasteiger partial charge in [-0.1, -0.05) is 23.2 Å². The van der Waals surface area contributed by atoms with Crippen LogP contribution in [0.1, 0.15) is 16.9 Å². The Balaban J connectivity index is 1.45. The van der Waals surface area contributed by atoms with E-state index in [2.05, 4.69) is 10.3 Å². The van der Waals surface area contributed by atoms with Gasteiger partial charge in [0.25, 0.3) is 5.91 Å². The van der Waals surface area contributed by atoms with Crippen molar-refractivity contribution < 1.29 is 9.59 Å². The molecule has 0 radical (unpaired) electrons. The summed E-state index contributed by atoms with van der Waals surface area (Å²) in [6, 6.07) is 5.21. The first-order chi connectivity index (χ1) is 12.0. The van der Waals surface area contributed by atoms with Gasteiger partial charge in [-0.05, 0) is 31.2 Å². The number of rotatable bonds is 2. The Morgan fingerprint density at radius 2 is 1.76 bits per heavy atom. The van der Waals surface area contributed by atoms with Crippen molar-refractivity contribution in [1.29, 1.82) is 0 Å². The molecule has 1 aromatic carbocycles. The molecule has 2 aliphatic heterocycles. The summed E-state index contributed by atoms with van der Waals surface area (Å²) in [5.41, 5.74) is 1.27. The monoisotopic (exact) mass is 380 g/mol. The minimum absolute atomic E-state index is 0.0390. The van der Waals surface area contributed by atoms with Gasteiger partial charge in [0.2, 0.25) is 5.91 Å². The number of aromatic amines is 1. The zero-order valence-corrected chi connectivity index (χ0v) is 15.0. The lowest BCUT2D eigenvalue weighted by Crippen LogP contribution is -2.59. The summed E-state index contributed by atoms with van der Waals surface area (Å²) >= 11 is 12.2. The first-order valence-corrected chi connectivity index (χ1v) is 9.08. The number of aromatic nitrogens is 1. The summed E-state index contributed by atoms with van der Waals surface area (Å²) < 4.78 is 0. The van der Waals surface area contributed by atoms with Gasteiger partial charge in [-0.15, -0.1) is 0 Å². The summed E-state index contributed by atoms with van der Waals surface area (Å²) in [6.45, 7) is 3.09. The fraction of sp³-hybridized carbons (Fsp3) is 0.412. The minimum Gasteiger partial charge on any atom is -0.350 e. The molecule has 8 heteroatoms. The van der Waals surface area contributed by atoms with Crippen LogP contribution in [0.15, 0.2) is 18.2 Å². The van der Waals surface area contributed by atoms with E-state index in [1.165, 1.54) is 0 Å². The van der Waals surface area contributed by atoms with Crippen molar-refractivity contribution in [3.8, 4) is 0 Å². The smallest absolute Gasteiger partial charge is 0.270 e. The van der Waals surface area contributed by atoms with Gasteiger partial charge < -0.3 is 20.1 Å². The molecule has 25 heavy (non-hydrogen) atoms. The van der Waals surface area contributed by atoms with Crippen molar-refractivity contribution in [2.45, 2.75) is 12.5 Å². The number of piperazine rings is 1. The lowest BCUT2D eigenvalue weighted by molar-refractivity contribution is -0.136. The van der Waals surface area contributed by atoms with E-state index >= 15 is 0 Å². The van der Waals surface area contributed by atoms with E-state index in [0.717, 1.165) is 23.9 Å². The van der Waals surface area contributed by atoms with Gasteiger partial charge in [-0.3, -0.25) is 9.59 Å². The number of hydrogen-bond acceptors (Lipinski definition) is 3. The third-order valence-electron chi connectivity index (χ3n) is 4.92. The molecule has 0 saturated carbocycles. The van der Waals surface area contributed by atoms with Crippen molar-refractivity contribution >= 4 is 45.9 Å². The molecule has 4 rings (SSSR count). The lowest BCUT2D eigenvalue weighted by atomic mass is 10.1. The highest BCUT2D eigenvalue weighted by molar-refractivity contribution is 6.45. The second-order valence-electron chi connectivity index (χ2n) is 6.42. The molecule has 2 fully saturated rings. The number of fused-ring (bicyclic) bond motifs is 1. The highest BCUT2D eigenvalue weighted by Crippen LogP contribution is 2.31. The largest absolute Gasteiger partial charge is 0.350 e. The SMILES string of the molecule is O=C(c1cc2c(Cl)c(Cl)ccc2[nH]1)N1CCN(C(=O)[C@H]2CCN2)CC1. The van der Waals surface area contributed by atoms with Gasteiger partial charge in [0, 0.05) is 37.1 Å². The molecule has 1 aromatic heterocycles. The molecular weight excluding hydrogens is 363 g/mol. The topological polar surface area (TPSA) is 68.4 Å². The molecule has 1 atom stereocenters. The molecule has 2 aliphatic rings. The number of hydrogen-bond donors (Lipinski definition) is 2. The van der Waals surface area contributed by atoms with Crippen molar-refractivity contribution in [2.75, 3.05) is 32.7 Å². The number of halogens is 2. The fourth-order valence-corrected chi connectivity index (χ4v) is 3.66. The number of benzene rings is 1. The number of nitrogens with zero attached hydrogens (tertiary/aromatic N) is 2. The Morgan fingerprint density at radius 1 is 1.08 bits per heavy atom. The predicted molar refractivity (Wildman–Crippen MR) is 97.2 cm³/mol. The molecule has 132 valence electrons. The first kappa shape index (κ1) is 16.7.